The summed E-state index contributed by atoms with van der Waals surface area (Å²) in [5.41, 5.74) is 6.97. The molecule has 2 aromatic carbocycles. The Hall–Kier alpha value is -2.18. The number of para-hydroxylation sites is 1. The molecular formula is C15H15NO4S. The van der Waals surface area contributed by atoms with Crippen molar-refractivity contribution in [1.29, 1.82) is 0 Å². The van der Waals surface area contributed by atoms with Crippen molar-refractivity contribution < 1.29 is 20.1 Å². The average molecular weight is 305 g/mol. The van der Waals surface area contributed by atoms with Gasteiger partial charge in [-0.1, -0.05) is 24.3 Å². The van der Waals surface area contributed by atoms with Crippen LogP contribution in [0, 0.1) is 0 Å². The zero-order valence-corrected chi connectivity index (χ0v) is 11.8. The summed E-state index contributed by atoms with van der Waals surface area (Å²) < 4.78 is 0. The molecule has 5 nitrogen and oxygen atoms in total. The van der Waals surface area contributed by atoms with Crippen molar-refractivity contribution in [3.05, 3.63) is 54.1 Å². The lowest BCUT2D eigenvalue weighted by Crippen LogP contribution is -2.25. The van der Waals surface area contributed by atoms with Gasteiger partial charge in [0.25, 0.3) is 0 Å². The van der Waals surface area contributed by atoms with E-state index in [-0.39, 0.29) is 5.75 Å². The van der Waals surface area contributed by atoms with E-state index in [0.29, 0.717) is 16.1 Å². The molecule has 2 aromatic rings. The van der Waals surface area contributed by atoms with E-state index in [9.17, 15) is 15.0 Å². The third-order valence-electron chi connectivity index (χ3n) is 2.93. The molecule has 0 amide bonds. The first kappa shape index (κ1) is 15.2. The van der Waals surface area contributed by atoms with Gasteiger partial charge < -0.3 is 21.1 Å². The molecule has 0 saturated carbocycles. The summed E-state index contributed by atoms with van der Waals surface area (Å²) in [7, 11) is 0. The number of carboxylic acids is 1. The second kappa shape index (κ2) is 6.51. The molecule has 5 N–H and O–H groups in total. The molecule has 110 valence electrons. The van der Waals surface area contributed by atoms with Gasteiger partial charge in [-0.3, -0.25) is 0 Å². The Kier molecular flexibility index (Phi) is 4.72. The smallest absolute Gasteiger partial charge is 0.334 e. The summed E-state index contributed by atoms with van der Waals surface area (Å²) >= 11 is 1.17. The third kappa shape index (κ3) is 3.68. The number of anilines is 1. The maximum atomic E-state index is 11.1. The van der Waals surface area contributed by atoms with E-state index in [4.69, 9.17) is 10.8 Å². The molecule has 0 aliphatic rings. The molecule has 21 heavy (non-hydrogen) atoms. The molecule has 6 heteroatoms. The van der Waals surface area contributed by atoms with Crippen LogP contribution < -0.4 is 5.73 Å². The Morgan fingerprint density at radius 2 is 1.71 bits per heavy atom. The summed E-state index contributed by atoms with van der Waals surface area (Å²) in [6, 6.07) is 13.1. The van der Waals surface area contributed by atoms with Crippen LogP contribution in [0.3, 0.4) is 0 Å². The maximum absolute atomic E-state index is 11.1. The van der Waals surface area contributed by atoms with Crippen molar-refractivity contribution in [1.82, 2.24) is 0 Å². The van der Waals surface area contributed by atoms with Crippen LogP contribution in [0.25, 0.3) is 0 Å². The second-order valence-electron chi connectivity index (χ2n) is 4.45. The van der Waals surface area contributed by atoms with Crippen LogP contribution in [0.5, 0.6) is 5.75 Å². The fraction of sp³-hybridized carbons (Fsp3) is 0.133. The first-order valence-corrected chi connectivity index (χ1v) is 7.08. The average Bonchev–Trinajstić information content (AvgIpc) is 2.47. The lowest BCUT2D eigenvalue weighted by Gasteiger charge is -2.20. The van der Waals surface area contributed by atoms with Gasteiger partial charge in [-0.05, 0) is 29.8 Å². The number of thioether (sulfide) groups is 1. The highest BCUT2D eigenvalue weighted by Crippen LogP contribution is 2.40. The molecule has 2 unspecified atom stereocenters. The molecule has 0 bridgehead atoms. The number of nitrogens with two attached hydrogens (primary N) is 1. The molecule has 0 fully saturated rings. The molecule has 0 spiro atoms. The topological polar surface area (TPSA) is 104 Å². The number of rotatable bonds is 5. The highest BCUT2D eigenvalue weighted by molar-refractivity contribution is 7.99. The van der Waals surface area contributed by atoms with Crippen LogP contribution in [0.1, 0.15) is 10.8 Å². The summed E-state index contributed by atoms with van der Waals surface area (Å²) in [6.07, 6.45) is -1.58. The number of phenols is 1. The van der Waals surface area contributed by atoms with Crippen molar-refractivity contribution in [2.75, 3.05) is 5.73 Å². The Balaban J connectivity index is 2.35. The van der Waals surface area contributed by atoms with Gasteiger partial charge in [0.15, 0.2) is 6.10 Å². The first-order valence-electron chi connectivity index (χ1n) is 6.20. The monoisotopic (exact) mass is 305 g/mol. The van der Waals surface area contributed by atoms with Crippen molar-refractivity contribution in [2.24, 2.45) is 0 Å². The predicted octanol–water partition coefficient (Wildman–Crippen LogP) is 2.25. The van der Waals surface area contributed by atoms with E-state index < -0.39 is 17.3 Å². The summed E-state index contributed by atoms with van der Waals surface area (Å²) in [5, 5.41) is 27.6. The first-order chi connectivity index (χ1) is 9.99. The molecule has 2 rings (SSSR count). The zero-order chi connectivity index (χ0) is 15.4. The standard InChI is InChI=1S/C15H15NO4S/c16-11-3-1-2-4-12(11)21-14(13(18)15(19)20)9-5-7-10(17)8-6-9/h1-8,13-14,17-18H,16H2,(H,19,20). The highest BCUT2D eigenvalue weighted by atomic mass is 32.2. The summed E-state index contributed by atoms with van der Waals surface area (Å²) in [6.45, 7) is 0. The number of benzene rings is 2. The van der Waals surface area contributed by atoms with Gasteiger partial charge in [-0.2, -0.15) is 0 Å². The van der Waals surface area contributed by atoms with Gasteiger partial charge in [0.1, 0.15) is 5.75 Å². The van der Waals surface area contributed by atoms with Crippen LogP contribution >= 0.6 is 11.8 Å². The number of aliphatic hydroxyl groups excluding tert-OH is 1. The Morgan fingerprint density at radius 3 is 2.29 bits per heavy atom. The number of aromatic hydroxyl groups is 1. The van der Waals surface area contributed by atoms with Gasteiger partial charge in [-0.15, -0.1) is 11.8 Å². The SMILES string of the molecule is Nc1ccccc1SC(c1ccc(O)cc1)C(O)C(=O)O. The molecule has 0 radical (unpaired) electrons. The number of aliphatic carboxylic acids is 1. The molecule has 0 aromatic heterocycles. The summed E-state index contributed by atoms with van der Waals surface area (Å²) in [5.74, 6) is -1.23. The fourth-order valence-electron chi connectivity index (χ4n) is 1.83. The minimum Gasteiger partial charge on any atom is -0.508 e. The number of carboxylic acid groups (broad SMARTS) is 1. The zero-order valence-electron chi connectivity index (χ0n) is 11.0. The van der Waals surface area contributed by atoms with E-state index in [1.165, 1.54) is 23.9 Å². The fourth-order valence-corrected chi connectivity index (χ4v) is 3.01. The van der Waals surface area contributed by atoms with Gasteiger partial charge in [-0.25, -0.2) is 4.79 Å². The Bertz CT molecular complexity index is 630. The van der Waals surface area contributed by atoms with Gasteiger partial charge in [0, 0.05) is 10.6 Å². The van der Waals surface area contributed by atoms with Crippen molar-refractivity contribution in [3.63, 3.8) is 0 Å². The number of hydrogen-bond donors (Lipinski definition) is 4. The number of hydrogen-bond acceptors (Lipinski definition) is 5. The minimum atomic E-state index is -1.58. The highest BCUT2D eigenvalue weighted by Gasteiger charge is 2.28. The molecule has 0 heterocycles. The lowest BCUT2D eigenvalue weighted by molar-refractivity contribution is -0.146. The van der Waals surface area contributed by atoms with Crippen molar-refractivity contribution in [3.8, 4) is 5.75 Å². The number of phenolic OH excluding ortho intramolecular Hbond substituents is 1. The van der Waals surface area contributed by atoms with Gasteiger partial charge in [0.05, 0.1) is 5.25 Å². The van der Waals surface area contributed by atoms with E-state index in [1.54, 1.807) is 36.4 Å². The molecular weight excluding hydrogens is 290 g/mol. The maximum Gasteiger partial charge on any atom is 0.334 e. The second-order valence-corrected chi connectivity index (χ2v) is 5.63. The van der Waals surface area contributed by atoms with Crippen molar-refractivity contribution >= 4 is 23.4 Å². The van der Waals surface area contributed by atoms with E-state index in [2.05, 4.69) is 0 Å². The Morgan fingerprint density at radius 1 is 1.10 bits per heavy atom. The molecule has 2 atom stereocenters. The van der Waals surface area contributed by atoms with Gasteiger partial charge >= 0.3 is 5.97 Å². The van der Waals surface area contributed by atoms with Gasteiger partial charge in [0.2, 0.25) is 0 Å². The van der Waals surface area contributed by atoms with E-state index >= 15 is 0 Å². The quantitative estimate of drug-likeness (QED) is 0.499. The van der Waals surface area contributed by atoms with Crippen LogP contribution in [-0.2, 0) is 4.79 Å². The third-order valence-corrected chi connectivity index (χ3v) is 4.34. The lowest BCUT2D eigenvalue weighted by atomic mass is 10.1. The Labute approximate surface area is 126 Å². The number of carbonyl (C=O) groups is 1. The number of nitrogen functional groups attached to an aromatic ring is 1. The van der Waals surface area contributed by atoms with E-state index in [1.807, 2.05) is 0 Å². The largest absolute Gasteiger partial charge is 0.508 e. The normalized spacial score (nSPS) is 13.6. The van der Waals surface area contributed by atoms with Crippen LogP contribution in [-0.4, -0.2) is 27.4 Å². The van der Waals surface area contributed by atoms with Crippen molar-refractivity contribution in [2.45, 2.75) is 16.2 Å². The number of aliphatic hydroxyl groups is 1. The summed E-state index contributed by atoms with van der Waals surface area (Å²) in [4.78, 5) is 11.8. The molecule has 0 aliphatic carbocycles. The predicted molar refractivity (Wildman–Crippen MR) is 81.2 cm³/mol. The minimum absolute atomic E-state index is 0.0755. The molecule has 0 saturated heterocycles. The van der Waals surface area contributed by atoms with Crippen LogP contribution in [0.4, 0.5) is 5.69 Å². The van der Waals surface area contributed by atoms with Crippen LogP contribution in [0.15, 0.2) is 53.4 Å². The molecule has 0 aliphatic heterocycles. The van der Waals surface area contributed by atoms with E-state index in [0.717, 1.165) is 0 Å². The van der Waals surface area contributed by atoms with Crippen LogP contribution in [0.2, 0.25) is 0 Å².